The van der Waals surface area contributed by atoms with Crippen molar-refractivity contribution in [3.63, 3.8) is 0 Å². The van der Waals surface area contributed by atoms with Crippen molar-refractivity contribution in [1.29, 1.82) is 0 Å². The standard InChI is InChI=1S/C17H26N4O3S/c1-2-6-18-16(23)21-8-4-17(24,5-9-21)14-12-25-15(19-14)11-20-7-3-13(22)10-20/h2,12-13,22,24H,1,3-11H2,(H,18,23)/t13-/m1/s1. The van der Waals surface area contributed by atoms with E-state index in [0.29, 0.717) is 51.3 Å². The van der Waals surface area contributed by atoms with Crippen molar-refractivity contribution in [3.8, 4) is 0 Å². The van der Waals surface area contributed by atoms with Gasteiger partial charge in [0.15, 0.2) is 0 Å². The molecule has 3 N–H and O–H groups in total. The zero-order chi connectivity index (χ0) is 17.9. The van der Waals surface area contributed by atoms with Gasteiger partial charge in [0.2, 0.25) is 0 Å². The SMILES string of the molecule is C=CCNC(=O)N1CCC(O)(c2csc(CN3CC[C@@H](O)C3)n2)CC1. The van der Waals surface area contributed by atoms with E-state index in [-0.39, 0.29) is 12.1 Å². The number of rotatable bonds is 5. The third-order valence-corrected chi connectivity index (χ3v) is 5.74. The summed E-state index contributed by atoms with van der Waals surface area (Å²) in [5.74, 6) is 0. The third-order valence-electron chi connectivity index (χ3n) is 4.91. The van der Waals surface area contributed by atoms with Crippen molar-refractivity contribution >= 4 is 17.4 Å². The van der Waals surface area contributed by atoms with Crippen LogP contribution in [0, 0.1) is 0 Å². The van der Waals surface area contributed by atoms with E-state index in [1.54, 1.807) is 22.3 Å². The van der Waals surface area contributed by atoms with E-state index in [0.717, 1.165) is 18.0 Å². The summed E-state index contributed by atoms with van der Waals surface area (Å²) in [6.07, 6.45) is 3.20. The first-order valence-corrected chi connectivity index (χ1v) is 9.59. The van der Waals surface area contributed by atoms with E-state index in [9.17, 15) is 15.0 Å². The molecule has 25 heavy (non-hydrogen) atoms. The second kappa shape index (κ2) is 7.82. The maximum Gasteiger partial charge on any atom is 0.317 e. The number of nitrogens with zero attached hydrogens (tertiary/aromatic N) is 3. The van der Waals surface area contributed by atoms with Crippen LogP contribution in [0.25, 0.3) is 0 Å². The largest absolute Gasteiger partial charge is 0.392 e. The molecule has 0 radical (unpaired) electrons. The number of urea groups is 1. The first-order chi connectivity index (χ1) is 12.0. The fourth-order valence-corrected chi connectivity index (χ4v) is 4.28. The number of hydrogen-bond donors (Lipinski definition) is 3. The fourth-order valence-electron chi connectivity index (χ4n) is 3.35. The lowest BCUT2D eigenvalue weighted by atomic mass is 9.89. The van der Waals surface area contributed by atoms with Crippen molar-refractivity contribution in [3.05, 3.63) is 28.7 Å². The Morgan fingerprint density at radius 3 is 2.88 bits per heavy atom. The van der Waals surface area contributed by atoms with Crippen molar-refractivity contribution in [2.75, 3.05) is 32.7 Å². The van der Waals surface area contributed by atoms with Gasteiger partial charge in [-0.3, -0.25) is 4.90 Å². The van der Waals surface area contributed by atoms with E-state index in [2.05, 4.69) is 21.8 Å². The molecule has 2 fully saturated rings. The Morgan fingerprint density at radius 2 is 2.24 bits per heavy atom. The molecule has 0 aromatic carbocycles. The van der Waals surface area contributed by atoms with Crippen molar-refractivity contribution in [1.82, 2.24) is 20.1 Å². The van der Waals surface area contributed by atoms with Crippen LogP contribution >= 0.6 is 11.3 Å². The molecule has 0 aliphatic carbocycles. The molecule has 2 saturated heterocycles. The maximum atomic E-state index is 12.0. The first-order valence-electron chi connectivity index (χ1n) is 8.71. The molecule has 1 aromatic heterocycles. The summed E-state index contributed by atoms with van der Waals surface area (Å²) in [4.78, 5) is 20.5. The van der Waals surface area contributed by atoms with Gasteiger partial charge >= 0.3 is 6.03 Å². The number of carbonyl (C=O) groups is 1. The quantitative estimate of drug-likeness (QED) is 0.674. The summed E-state index contributed by atoms with van der Waals surface area (Å²) in [7, 11) is 0. The minimum atomic E-state index is -0.964. The summed E-state index contributed by atoms with van der Waals surface area (Å²) in [6, 6.07) is -0.117. The highest BCUT2D eigenvalue weighted by molar-refractivity contribution is 7.09. The highest BCUT2D eigenvalue weighted by Crippen LogP contribution is 2.33. The molecule has 1 aromatic rings. The van der Waals surface area contributed by atoms with E-state index < -0.39 is 5.60 Å². The minimum absolute atomic E-state index is 0.117. The van der Waals surface area contributed by atoms with E-state index >= 15 is 0 Å². The smallest absolute Gasteiger partial charge is 0.317 e. The summed E-state index contributed by atoms with van der Waals surface area (Å²) < 4.78 is 0. The van der Waals surface area contributed by atoms with E-state index in [1.165, 1.54) is 0 Å². The number of hydrogen-bond acceptors (Lipinski definition) is 6. The number of thiazole rings is 1. The predicted octanol–water partition coefficient (Wildman–Crippen LogP) is 0.889. The Balaban J connectivity index is 1.55. The number of aliphatic hydroxyl groups excluding tert-OH is 1. The lowest BCUT2D eigenvalue weighted by Crippen LogP contribution is -2.48. The Kier molecular flexibility index (Phi) is 5.73. The van der Waals surface area contributed by atoms with Crippen LogP contribution in [-0.2, 0) is 12.1 Å². The fraction of sp³-hybridized carbons (Fsp3) is 0.647. The number of nitrogens with one attached hydrogen (secondary N) is 1. The molecule has 3 heterocycles. The van der Waals surface area contributed by atoms with Crippen LogP contribution in [0.2, 0.25) is 0 Å². The van der Waals surface area contributed by atoms with Crippen molar-refractivity contribution in [2.24, 2.45) is 0 Å². The average molecular weight is 366 g/mol. The molecule has 0 saturated carbocycles. The Bertz CT molecular complexity index is 613. The van der Waals surface area contributed by atoms with Gasteiger partial charge in [0.05, 0.1) is 18.3 Å². The molecule has 2 amide bonds. The molecule has 7 nitrogen and oxygen atoms in total. The summed E-state index contributed by atoms with van der Waals surface area (Å²) >= 11 is 1.55. The highest BCUT2D eigenvalue weighted by Gasteiger charge is 2.37. The Labute approximate surface area is 152 Å². The minimum Gasteiger partial charge on any atom is -0.392 e. The molecular formula is C17H26N4O3S. The van der Waals surface area contributed by atoms with Crippen LogP contribution < -0.4 is 5.32 Å². The topological polar surface area (TPSA) is 88.9 Å². The summed E-state index contributed by atoms with van der Waals surface area (Å²) in [5, 5.41) is 26.2. The average Bonchev–Trinajstić information content (AvgIpc) is 3.23. The van der Waals surface area contributed by atoms with Gasteiger partial charge in [-0.15, -0.1) is 17.9 Å². The lowest BCUT2D eigenvalue weighted by Gasteiger charge is -2.37. The summed E-state index contributed by atoms with van der Waals surface area (Å²) in [5.41, 5.74) is -0.257. The Hall–Kier alpha value is -1.48. The zero-order valence-corrected chi connectivity index (χ0v) is 15.2. The van der Waals surface area contributed by atoms with E-state index in [1.807, 2.05) is 5.38 Å². The summed E-state index contributed by atoms with van der Waals surface area (Å²) in [6.45, 7) is 7.33. The van der Waals surface area contributed by atoms with Crippen LogP contribution in [0.4, 0.5) is 4.79 Å². The van der Waals surface area contributed by atoms with Crippen LogP contribution in [0.3, 0.4) is 0 Å². The van der Waals surface area contributed by atoms with Crippen LogP contribution in [-0.4, -0.2) is 69.9 Å². The van der Waals surface area contributed by atoms with Gasteiger partial charge in [-0.05, 0) is 19.3 Å². The molecule has 0 bridgehead atoms. The number of likely N-dealkylation sites (tertiary alicyclic amines) is 2. The van der Waals surface area contributed by atoms with Gasteiger partial charge in [0.25, 0.3) is 0 Å². The molecular weight excluding hydrogens is 340 g/mol. The van der Waals surface area contributed by atoms with Gasteiger partial charge in [0, 0.05) is 38.1 Å². The first kappa shape index (κ1) is 18.3. The molecule has 8 heteroatoms. The molecule has 2 aliphatic heterocycles. The molecule has 1 atom stereocenters. The van der Waals surface area contributed by atoms with Crippen molar-refractivity contribution < 1.29 is 15.0 Å². The molecule has 0 spiro atoms. The molecule has 3 rings (SSSR count). The highest BCUT2D eigenvalue weighted by atomic mass is 32.1. The molecule has 0 unspecified atom stereocenters. The third kappa shape index (κ3) is 4.38. The number of amides is 2. The van der Waals surface area contributed by atoms with Crippen LogP contribution in [0.5, 0.6) is 0 Å². The number of piperidine rings is 1. The van der Waals surface area contributed by atoms with Crippen LogP contribution in [0.1, 0.15) is 30.0 Å². The van der Waals surface area contributed by atoms with Gasteiger partial charge in [-0.1, -0.05) is 6.08 Å². The number of carbonyl (C=O) groups excluding carboxylic acids is 1. The lowest BCUT2D eigenvalue weighted by molar-refractivity contribution is -0.0199. The normalized spacial score (nSPS) is 23.6. The monoisotopic (exact) mass is 366 g/mol. The van der Waals surface area contributed by atoms with Gasteiger partial charge in [-0.25, -0.2) is 9.78 Å². The second-order valence-corrected chi connectivity index (χ2v) is 7.74. The Morgan fingerprint density at radius 1 is 1.48 bits per heavy atom. The van der Waals surface area contributed by atoms with Crippen LogP contribution in [0.15, 0.2) is 18.0 Å². The van der Waals surface area contributed by atoms with E-state index in [4.69, 9.17) is 0 Å². The zero-order valence-electron chi connectivity index (χ0n) is 14.4. The predicted molar refractivity (Wildman–Crippen MR) is 96.3 cm³/mol. The molecule has 138 valence electrons. The molecule has 2 aliphatic rings. The van der Waals surface area contributed by atoms with Crippen molar-refractivity contribution in [2.45, 2.75) is 37.5 Å². The number of β-amino-alcohol motifs (C(OH)–C–C–N with tert-alkyl or cyclic N) is 1. The number of aromatic nitrogens is 1. The van der Waals surface area contributed by atoms with Gasteiger partial charge in [0.1, 0.15) is 10.6 Å². The number of aliphatic hydroxyl groups is 2. The van der Waals surface area contributed by atoms with Gasteiger partial charge < -0.3 is 20.4 Å². The van der Waals surface area contributed by atoms with Gasteiger partial charge in [-0.2, -0.15) is 0 Å². The second-order valence-electron chi connectivity index (χ2n) is 6.80. The maximum absolute atomic E-state index is 12.0.